The first-order valence-corrected chi connectivity index (χ1v) is 7.50. The van der Waals surface area contributed by atoms with Gasteiger partial charge in [0.05, 0.1) is 17.4 Å². The zero-order chi connectivity index (χ0) is 13.1. The molecule has 1 fully saturated rings. The van der Waals surface area contributed by atoms with Crippen molar-refractivity contribution in [3.05, 3.63) is 30.6 Å². The van der Waals surface area contributed by atoms with Crippen LogP contribution in [0.4, 0.5) is 0 Å². The molecule has 102 valence electrons. The van der Waals surface area contributed by atoms with Crippen LogP contribution >= 0.6 is 0 Å². The smallest absolute Gasteiger partial charge is 0.0958 e. The van der Waals surface area contributed by atoms with Crippen LogP contribution in [0.15, 0.2) is 30.6 Å². The van der Waals surface area contributed by atoms with E-state index >= 15 is 0 Å². The van der Waals surface area contributed by atoms with E-state index < -0.39 is 0 Å². The molecule has 0 saturated heterocycles. The fraction of sp³-hybridized carbons (Fsp3) is 0.562. The SMILES string of the molecule is NC(Cn1cnc2ccccc21)C1CCCCCC1. The largest absolute Gasteiger partial charge is 0.329 e. The van der Waals surface area contributed by atoms with Gasteiger partial charge in [0.2, 0.25) is 0 Å². The molecular formula is C16H23N3. The number of nitrogens with zero attached hydrogens (tertiary/aromatic N) is 2. The minimum atomic E-state index is 0.260. The third-order valence-electron chi connectivity index (χ3n) is 4.44. The van der Waals surface area contributed by atoms with E-state index in [0.29, 0.717) is 5.92 Å². The first-order valence-electron chi connectivity index (χ1n) is 7.50. The number of rotatable bonds is 3. The molecule has 1 atom stereocenters. The highest BCUT2D eigenvalue weighted by Crippen LogP contribution is 2.26. The Bertz CT molecular complexity index is 524. The van der Waals surface area contributed by atoms with Gasteiger partial charge < -0.3 is 10.3 Å². The van der Waals surface area contributed by atoms with Crippen LogP contribution in [-0.4, -0.2) is 15.6 Å². The van der Waals surface area contributed by atoms with Crippen molar-refractivity contribution in [3.8, 4) is 0 Å². The fourth-order valence-corrected chi connectivity index (χ4v) is 3.27. The number of nitrogens with two attached hydrogens (primary N) is 1. The van der Waals surface area contributed by atoms with E-state index in [2.05, 4.69) is 27.8 Å². The molecule has 0 radical (unpaired) electrons. The summed E-state index contributed by atoms with van der Waals surface area (Å²) in [6.45, 7) is 0.894. The minimum absolute atomic E-state index is 0.260. The molecule has 0 amide bonds. The lowest BCUT2D eigenvalue weighted by molar-refractivity contribution is 0.345. The zero-order valence-electron chi connectivity index (χ0n) is 11.5. The van der Waals surface area contributed by atoms with Crippen molar-refractivity contribution >= 4 is 11.0 Å². The highest BCUT2D eigenvalue weighted by molar-refractivity contribution is 5.74. The van der Waals surface area contributed by atoms with Crippen molar-refractivity contribution in [1.82, 2.24) is 9.55 Å². The maximum Gasteiger partial charge on any atom is 0.0958 e. The van der Waals surface area contributed by atoms with Gasteiger partial charge in [-0.2, -0.15) is 0 Å². The van der Waals surface area contributed by atoms with Gasteiger partial charge in [0, 0.05) is 12.6 Å². The summed E-state index contributed by atoms with van der Waals surface area (Å²) in [5.74, 6) is 0.684. The van der Waals surface area contributed by atoms with Crippen LogP contribution in [0, 0.1) is 5.92 Å². The summed E-state index contributed by atoms with van der Waals surface area (Å²) in [6, 6.07) is 8.55. The van der Waals surface area contributed by atoms with Crippen LogP contribution in [0.2, 0.25) is 0 Å². The van der Waals surface area contributed by atoms with Crippen LogP contribution in [0.3, 0.4) is 0 Å². The first kappa shape index (κ1) is 12.7. The number of benzene rings is 1. The van der Waals surface area contributed by atoms with Crippen LogP contribution in [0.5, 0.6) is 0 Å². The second-order valence-corrected chi connectivity index (χ2v) is 5.80. The Balaban J connectivity index is 1.73. The van der Waals surface area contributed by atoms with Crippen LogP contribution < -0.4 is 5.73 Å². The third kappa shape index (κ3) is 2.81. The Labute approximate surface area is 114 Å². The Kier molecular flexibility index (Phi) is 3.83. The number of aromatic nitrogens is 2. The number of hydrogen-bond donors (Lipinski definition) is 1. The van der Waals surface area contributed by atoms with E-state index in [9.17, 15) is 0 Å². The molecule has 3 heteroatoms. The average Bonchev–Trinajstić information content (AvgIpc) is 2.66. The quantitative estimate of drug-likeness (QED) is 0.857. The van der Waals surface area contributed by atoms with E-state index in [4.69, 9.17) is 5.73 Å². The molecule has 1 aromatic carbocycles. The van der Waals surface area contributed by atoms with Crippen LogP contribution in [-0.2, 0) is 6.54 Å². The van der Waals surface area contributed by atoms with Gasteiger partial charge >= 0.3 is 0 Å². The summed E-state index contributed by atoms with van der Waals surface area (Å²) < 4.78 is 2.21. The molecule has 3 rings (SSSR count). The average molecular weight is 257 g/mol. The monoisotopic (exact) mass is 257 g/mol. The van der Waals surface area contributed by atoms with Gasteiger partial charge in [-0.3, -0.25) is 0 Å². The molecule has 0 aliphatic heterocycles. The lowest BCUT2D eigenvalue weighted by Gasteiger charge is -2.23. The summed E-state index contributed by atoms with van der Waals surface area (Å²) in [5, 5.41) is 0. The van der Waals surface area contributed by atoms with Crippen molar-refractivity contribution in [2.24, 2.45) is 11.7 Å². The third-order valence-corrected chi connectivity index (χ3v) is 4.44. The highest BCUT2D eigenvalue weighted by atomic mass is 15.1. The predicted octanol–water partition coefficient (Wildman–Crippen LogP) is 3.33. The molecule has 1 aliphatic rings. The standard InChI is InChI=1S/C16H23N3/c17-14(13-7-3-1-2-4-8-13)11-19-12-18-15-9-5-6-10-16(15)19/h5-6,9-10,12-14H,1-4,7-8,11,17H2. The molecule has 19 heavy (non-hydrogen) atoms. The van der Waals surface area contributed by atoms with E-state index in [1.165, 1.54) is 44.0 Å². The van der Waals surface area contributed by atoms with Crippen molar-refractivity contribution < 1.29 is 0 Å². The lowest BCUT2D eigenvalue weighted by atomic mass is 9.92. The van der Waals surface area contributed by atoms with Gasteiger partial charge in [0.15, 0.2) is 0 Å². The van der Waals surface area contributed by atoms with E-state index in [1.54, 1.807) is 0 Å². The molecule has 1 heterocycles. The van der Waals surface area contributed by atoms with Crippen LogP contribution in [0.25, 0.3) is 11.0 Å². The maximum absolute atomic E-state index is 6.45. The summed E-state index contributed by atoms with van der Waals surface area (Å²) in [4.78, 5) is 4.44. The molecule has 3 nitrogen and oxygen atoms in total. The topological polar surface area (TPSA) is 43.8 Å². The van der Waals surface area contributed by atoms with Gasteiger partial charge in [-0.25, -0.2) is 4.98 Å². The van der Waals surface area contributed by atoms with Crippen molar-refractivity contribution in [2.45, 2.75) is 51.1 Å². The molecular weight excluding hydrogens is 234 g/mol. The summed E-state index contributed by atoms with van der Waals surface area (Å²) in [7, 11) is 0. The fourth-order valence-electron chi connectivity index (χ4n) is 3.27. The first-order chi connectivity index (χ1) is 9.34. The van der Waals surface area contributed by atoms with E-state index in [1.807, 2.05) is 12.4 Å². The molecule has 1 aliphatic carbocycles. The molecule has 1 unspecified atom stereocenters. The van der Waals surface area contributed by atoms with E-state index in [-0.39, 0.29) is 6.04 Å². The normalized spacial score (nSPS) is 19.4. The Hall–Kier alpha value is -1.35. The van der Waals surface area contributed by atoms with Gasteiger partial charge in [-0.1, -0.05) is 37.8 Å². The number of imidazole rings is 1. The van der Waals surface area contributed by atoms with Gasteiger partial charge in [0.25, 0.3) is 0 Å². The molecule has 1 aromatic heterocycles. The van der Waals surface area contributed by atoms with Gasteiger partial charge in [0.1, 0.15) is 0 Å². The van der Waals surface area contributed by atoms with E-state index in [0.717, 1.165) is 12.1 Å². The Morgan fingerprint density at radius 3 is 2.68 bits per heavy atom. The highest BCUT2D eigenvalue weighted by Gasteiger charge is 2.20. The molecule has 2 N–H and O–H groups in total. The Morgan fingerprint density at radius 2 is 1.89 bits per heavy atom. The summed E-state index contributed by atoms with van der Waals surface area (Å²) in [5.41, 5.74) is 8.72. The van der Waals surface area contributed by atoms with Gasteiger partial charge in [-0.15, -0.1) is 0 Å². The molecule has 0 bridgehead atoms. The van der Waals surface area contributed by atoms with Crippen molar-refractivity contribution in [1.29, 1.82) is 0 Å². The number of para-hydroxylation sites is 2. The molecule has 1 saturated carbocycles. The second kappa shape index (κ2) is 5.74. The summed E-state index contributed by atoms with van der Waals surface area (Å²) >= 11 is 0. The second-order valence-electron chi connectivity index (χ2n) is 5.80. The maximum atomic E-state index is 6.45. The zero-order valence-corrected chi connectivity index (χ0v) is 11.5. The predicted molar refractivity (Wildman–Crippen MR) is 78.9 cm³/mol. The molecule has 2 aromatic rings. The lowest BCUT2D eigenvalue weighted by Crippen LogP contribution is -2.34. The number of fused-ring (bicyclic) bond motifs is 1. The Morgan fingerprint density at radius 1 is 1.16 bits per heavy atom. The van der Waals surface area contributed by atoms with Crippen molar-refractivity contribution in [3.63, 3.8) is 0 Å². The number of hydrogen-bond acceptors (Lipinski definition) is 2. The van der Waals surface area contributed by atoms with Crippen molar-refractivity contribution in [2.75, 3.05) is 0 Å². The molecule has 0 spiro atoms. The minimum Gasteiger partial charge on any atom is -0.329 e. The van der Waals surface area contributed by atoms with Crippen LogP contribution in [0.1, 0.15) is 38.5 Å². The van der Waals surface area contributed by atoms with Gasteiger partial charge in [-0.05, 0) is 30.9 Å². The summed E-state index contributed by atoms with van der Waals surface area (Å²) in [6.07, 6.45) is 10.0.